The van der Waals surface area contributed by atoms with Crippen LogP contribution >= 0.6 is 43.5 Å². The van der Waals surface area contributed by atoms with E-state index < -0.39 is 9.84 Å². The van der Waals surface area contributed by atoms with E-state index in [1.165, 1.54) is 0 Å². The molecule has 0 bridgehead atoms. The number of hydrogen-bond acceptors (Lipinski definition) is 2. The number of halogens is 3. The van der Waals surface area contributed by atoms with Gasteiger partial charge >= 0.3 is 0 Å². The Morgan fingerprint density at radius 1 is 1.15 bits per heavy atom. The van der Waals surface area contributed by atoms with Crippen molar-refractivity contribution in [2.45, 2.75) is 30.9 Å². The van der Waals surface area contributed by atoms with E-state index in [9.17, 15) is 8.42 Å². The number of hydrogen-bond donors (Lipinski definition) is 0. The minimum absolute atomic E-state index is 0.185. The Morgan fingerprint density at radius 2 is 1.65 bits per heavy atom. The Hall–Kier alpha value is 0.420. The lowest BCUT2D eigenvalue weighted by atomic mass is 9.82. The minimum Gasteiger partial charge on any atom is -0.229 e. The van der Waals surface area contributed by atoms with Crippen molar-refractivity contribution in [1.29, 1.82) is 0 Å². The first kappa shape index (κ1) is 18.5. The van der Waals surface area contributed by atoms with Crippen LogP contribution in [-0.4, -0.2) is 30.1 Å². The summed E-state index contributed by atoms with van der Waals surface area (Å²) in [5.41, 5.74) is 0.849. The zero-order valence-corrected chi connectivity index (χ0v) is 16.3. The largest absolute Gasteiger partial charge is 0.229 e. The Kier molecular flexibility index (Phi) is 7.03. The highest BCUT2D eigenvalue weighted by atomic mass is 79.9. The minimum atomic E-state index is -3.04. The molecule has 0 fully saturated rings. The van der Waals surface area contributed by atoms with E-state index >= 15 is 0 Å². The van der Waals surface area contributed by atoms with Crippen LogP contribution in [0.1, 0.15) is 25.8 Å². The topological polar surface area (TPSA) is 34.1 Å². The molecule has 6 heteroatoms. The Balaban J connectivity index is 3.01. The molecule has 0 aliphatic heterocycles. The van der Waals surface area contributed by atoms with Crippen molar-refractivity contribution < 1.29 is 8.42 Å². The van der Waals surface area contributed by atoms with Crippen molar-refractivity contribution in [3.63, 3.8) is 0 Å². The monoisotopic (exact) mass is 444 g/mol. The number of rotatable bonds is 7. The van der Waals surface area contributed by atoms with Crippen molar-refractivity contribution in [2.75, 3.05) is 16.4 Å². The van der Waals surface area contributed by atoms with Crippen LogP contribution in [0.15, 0.2) is 24.3 Å². The second kappa shape index (κ2) is 7.61. The molecule has 20 heavy (non-hydrogen) atoms. The molecule has 0 radical (unpaired) electrons. The lowest BCUT2D eigenvalue weighted by Gasteiger charge is -2.31. The van der Waals surface area contributed by atoms with Crippen molar-refractivity contribution in [2.24, 2.45) is 0 Å². The first-order valence-electron chi connectivity index (χ1n) is 6.37. The molecule has 0 saturated carbocycles. The van der Waals surface area contributed by atoms with E-state index in [4.69, 9.17) is 11.6 Å². The van der Waals surface area contributed by atoms with Gasteiger partial charge in [-0.05, 0) is 38.0 Å². The second-order valence-corrected chi connectivity index (χ2v) is 9.45. The molecule has 0 aromatic heterocycles. The molecular weight excluding hydrogens is 427 g/mol. The molecule has 1 aromatic rings. The van der Waals surface area contributed by atoms with Gasteiger partial charge in [0.2, 0.25) is 0 Å². The fraction of sp³-hybridized carbons (Fsp3) is 0.571. The maximum atomic E-state index is 12.0. The van der Waals surface area contributed by atoms with E-state index in [1.807, 2.05) is 24.3 Å². The molecule has 2 nitrogen and oxygen atoms in total. The smallest absolute Gasteiger partial charge is 0.152 e. The van der Waals surface area contributed by atoms with Crippen LogP contribution in [0.5, 0.6) is 0 Å². The second-order valence-electron chi connectivity index (χ2n) is 5.22. The summed E-state index contributed by atoms with van der Waals surface area (Å²) in [6.45, 7) is 3.45. The van der Waals surface area contributed by atoms with Gasteiger partial charge in [-0.25, -0.2) is 8.42 Å². The van der Waals surface area contributed by atoms with E-state index in [0.29, 0.717) is 22.1 Å². The summed E-state index contributed by atoms with van der Waals surface area (Å²) >= 11 is 13.0. The molecule has 0 spiro atoms. The van der Waals surface area contributed by atoms with Crippen LogP contribution in [0.4, 0.5) is 0 Å². The number of alkyl halides is 2. The van der Waals surface area contributed by atoms with Gasteiger partial charge in [0.05, 0.1) is 11.0 Å². The number of sulfone groups is 1. The van der Waals surface area contributed by atoms with Crippen LogP contribution in [0.2, 0.25) is 5.02 Å². The van der Waals surface area contributed by atoms with Gasteiger partial charge in [0.25, 0.3) is 0 Å². The third-order valence-corrected chi connectivity index (χ3v) is 8.16. The molecule has 0 amide bonds. The van der Waals surface area contributed by atoms with Crippen LogP contribution < -0.4 is 0 Å². The van der Waals surface area contributed by atoms with Gasteiger partial charge in [0.1, 0.15) is 0 Å². The van der Waals surface area contributed by atoms with Crippen molar-refractivity contribution in [3.8, 4) is 0 Å². The Morgan fingerprint density at radius 3 is 2.05 bits per heavy atom. The van der Waals surface area contributed by atoms with Crippen LogP contribution in [0.25, 0.3) is 0 Å². The van der Waals surface area contributed by atoms with E-state index in [0.717, 1.165) is 5.56 Å². The molecule has 0 N–H and O–H groups in total. The average molecular weight is 447 g/mol. The molecule has 0 atom stereocenters. The van der Waals surface area contributed by atoms with Gasteiger partial charge in [-0.3, -0.25) is 0 Å². The third-order valence-electron chi connectivity index (χ3n) is 3.55. The Labute approximate surface area is 143 Å². The third kappa shape index (κ3) is 4.46. The SMILES string of the molecule is CC(C)S(=O)(=O)CCC(CBr)(CBr)c1ccc(Cl)cc1. The van der Waals surface area contributed by atoms with Crippen molar-refractivity contribution in [3.05, 3.63) is 34.9 Å². The van der Waals surface area contributed by atoms with Crippen LogP contribution in [0, 0.1) is 0 Å². The molecule has 0 aliphatic carbocycles. The van der Waals surface area contributed by atoms with Crippen molar-refractivity contribution >= 4 is 53.3 Å². The highest BCUT2D eigenvalue weighted by Gasteiger charge is 2.32. The first-order chi connectivity index (χ1) is 9.27. The molecule has 114 valence electrons. The Bertz CT molecular complexity index is 523. The summed E-state index contributed by atoms with van der Waals surface area (Å²) < 4.78 is 24.1. The standard InChI is InChI=1S/C14H19Br2ClO2S/c1-11(2)20(18,19)8-7-14(9-15,10-16)12-3-5-13(17)6-4-12/h3-6,11H,7-10H2,1-2H3. The maximum absolute atomic E-state index is 12.0. The summed E-state index contributed by atoms with van der Waals surface area (Å²) in [5.74, 6) is 0.185. The van der Waals surface area contributed by atoms with Gasteiger partial charge in [-0.2, -0.15) is 0 Å². The summed E-state index contributed by atoms with van der Waals surface area (Å²) in [6, 6.07) is 7.61. The molecule has 0 aliphatic rings. The normalized spacial score (nSPS) is 12.9. The van der Waals surface area contributed by atoms with Gasteiger partial charge in [-0.15, -0.1) is 0 Å². The van der Waals surface area contributed by atoms with Crippen LogP contribution in [-0.2, 0) is 15.3 Å². The van der Waals surface area contributed by atoms with Gasteiger partial charge in [0, 0.05) is 21.1 Å². The van der Waals surface area contributed by atoms with E-state index in [1.54, 1.807) is 13.8 Å². The average Bonchev–Trinajstić information content (AvgIpc) is 2.42. The van der Waals surface area contributed by atoms with Gasteiger partial charge in [0.15, 0.2) is 9.84 Å². The fourth-order valence-electron chi connectivity index (χ4n) is 1.84. The van der Waals surface area contributed by atoms with Crippen LogP contribution in [0.3, 0.4) is 0 Å². The predicted octanol–water partition coefficient (Wildman–Crippen LogP) is 4.58. The summed E-state index contributed by atoms with van der Waals surface area (Å²) in [6.07, 6.45) is 0.575. The highest BCUT2D eigenvalue weighted by Crippen LogP contribution is 2.34. The summed E-state index contributed by atoms with van der Waals surface area (Å²) in [7, 11) is -3.04. The molecule has 1 rings (SSSR count). The van der Waals surface area contributed by atoms with Gasteiger partial charge < -0.3 is 0 Å². The molecule has 0 heterocycles. The van der Waals surface area contributed by atoms with E-state index in [-0.39, 0.29) is 16.4 Å². The quantitative estimate of drug-likeness (QED) is 0.575. The summed E-state index contributed by atoms with van der Waals surface area (Å²) in [4.78, 5) is 0. The van der Waals surface area contributed by atoms with E-state index in [2.05, 4.69) is 31.9 Å². The molecule has 0 saturated heterocycles. The first-order valence-corrected chi connectivity index (χ1v) is 10.7. The molecular formula is C14H19Br2ClO2S. The fourth-order valence-corrected chi connectivity index (χ4v) is 5.25. The molecule has 0 unspecified atom stereocenters. The predicted molar refractivity (Wildman–Crippen MR) is 94.3 cm³/mol. The maximum Gasteiger partial charge on any atom is 0.152 e. The van der Waals surface area contributed by atoms with Crippen molar-refractivity contribution in [1.82, 2.24) is 0 Å². The summed E-state index contributed by atoms with van der Waals surface area (Å²) in [5, 5.41) is 1.73. The lowest BCUT2D eigenvalue weighted by Crippen LogP contribution is -2.34. The molecule has 1 aromatic carbocycles. The zero-order valence-electron chi connectivity index (χ0n) is 11.6. The highest BCUT2D eigenvalue weighted by molar-refractivity contribution is 9.09. The lowest BCUT2D eigenvalue weighted by molar-refractivity contribution is 0.520. The number of benzene rings is 1. The zero-order chi connectivity index (χ0) is 15.4. The van der Waals surface area contributed by atoms with Gasteiger partial charge in [-0.1, -0.05) is 55.6 Å².